The van der Waals surface area contributed by atoms with Gasteiger partial charge in [0.05, 0.1) is 42.3 Å². The Morgan fingerprint density at radius 3 is 2.42 bits per heavy atom. The highest BCUT2D eigenvalue weighted by atomic mass is 35.5. The monoisotopic (exact) mass is 507 g/mol. The van der Waals surface area contributed by atoms with E-state index in [1.54, 1.807) is 0 Å². The van der Waals surface area contributed by atoms with Gasteiger partial charge in [0.25, 0.3) is 0 Å². The van der Waals surface area contributed by atoms with Crippen LogP contribution in [0.15, 0.2) is 41.3 Å². The van der Waals surface area contributed by atoms with Crippen molar-refractivity contribution in [3.8, 4) is 0 Å². The van der Waals surface area contributed by atoms with E-state index in [2.05, 4.69) is 0 Å². The topological polar surface area (TPSA) is 72.9 Å². The predicted octanol–water partition coefficient (Wildman–Crippen LogP) is 5.02. The van der Waals surface area contributed by atoms with E-state index in [1.807, 2.05) is 0 Å². The Balaban J connectivity index is 2.57. The Hall–Kier alpha value is -2.79. The summed E-state index contributed by atoms with van der Waals surface area (Å²) >= 11 is 6.18. The first-order chi connectivity index (χ1) is 15.5. The highest BCUT2D eigenvalue weighted by Gasteiger charge is 2.31. The summed E-state index contributed by atoms with van der Waals surface area (Å²) in [6.07, 6.45) is -4.53. The molecule has 0 spiro atoms. The fourth-order valence-electron chi connectivity index (χ4n) is 2.70. The molecular weight excluding hydrogens is 490 g/mol. The van der Waals surface area contributed by atoms with Crippen LogP contribution < -0.4 is 4.90 Å². The molecule has 0 N–H and O–H groups in total. The third-order valence-corrected chi connectivity index (χ3v) is 5.68. The number of anilines is 1. The van der Waals surface area contributed by atoms with E-state index < -0.39 is 47.8 Å². The molecular formula is C21H18ClF4NO5S. The minimum absolute atomic E-state index is 0.0442. The van der Waals surface area contributed by atoms with E-state index in [-0.39, 0.29) is 27.7 Å². The van der Waals surface area contributed by atoms with E-state index in [0.29, 0.717) is 16.7 Å². The van der Waals surface area contributed by atoms with Gasteiger partial charge < -0.3 is 9.47 Å². The molecule has 0 unspecified atom stereocenters. The summed E-state index contributed by atoms with van der Waals surface area (Å²) in [6.45, 7) is 0.828. The molecule has 2 rings (SSSR count). The van der Waals surface area contributed by atoms with Crippen LogP contribution in [0.4, 0.5) is 23.2 Å². The standard InChI is InChI=1S/C21H18ClF4NO5S/c1-3-32-20(30)18(28)27(10-12-6-4-5-7-13(12)19(29)31-2)16-9-17(14(22)8-15(16)23)33-11-21(24,25)26/h4-9H,3,10-11H2,1-2H3. The van der Waals surface area contributed by atoms with Crippen molar-refractivity contribution < 1.29 is 41.4 Å². The molecule has 0 fully saturated rings. The number of carbonyl (C=O) groups excluding carboxylic acids is 3. The van der Waals surface area contributed by atoms with Crippen molar-refractivity contribution in [1.29, 1.82) is 0 Å². The Labute approximate surface area is 195 Å². The molecule has 1 amide bonds. The van der Waals surface area contributed by atoms with Crippen LogP contribution in [0.5, 0.6) is 0 Å². The molecule has 0 aliphatic heterocycles. The van der Waals surface area contributed by atoms with Gasteiger partial charge in [-0.1, -0.05) is 29.8 Å². The van der Waals surface area contributed by atoms with Crippen molar-refractivity contribution >= 4 is 46.9 Å². The summed E-state index contributed by atoms with van der Waals surface area (Å²) in [5.74, 6) is -5.72. The lowest BCUT2D eigenvalue weighted by Crippen LogP contribution is -2.38. The van der Waals surface area contributed by atoms with Crippen molar-refractivity contribution in [2.45, 2.75) is 24.5 Å². The van der Waals surface area contributed by atoms with E-state index in [9.17, 15) is 31.9 Å². The quantitative estimate of drug-likeness (QED) is 0.227. The Kier molecular flexibility index (Phi) is 9.12. The third kappa shape index (κ3) is 7.10. The van der Waals surface area contributed by atoms with Crippen LogP contribution in [0.1, 0.15) is 22.8 Å². The van der Waals surface area contributed by atoms with E-state index in [1.165, 1.54) is 31.2 Å². The molecule has 0 heterocycles. The van der Waals surface area contributed by atoms with Crippen molar-refractivity contribution in [1.82, 2.24) is 0 Å². The van der Waals surface area contributed by atoms with Crippen molar-refractivity contribution in [3.05, 3.63) is 58.4 Å². The summed E-state index contributed by atoms with van der Waals surface area (Å²) in [5, 5.41) is -0.302. The predicted molar refractivity (Wildman–Crippen MR) is 114 cm³/mol. The van der Waals surface area contributed by atoms with Gasteiger partial charge in [-0.25, -0.2) is 14.0 Å². The highest BCUT2D eigenvalue weighted by molar-refractivity contribution is 7.99. The number of amides is 1. The second kappa shape index (κ2) is 11.4. The largest absolute Gasteiger partial charge is 0.465 e. The van der Waals surface area contributed by atoms with Gasteiger partial charge in [0, 0.05) is 4.90 Å². The van der Waals surface area contributed by atoms with Gasteiger partial charge in [-0.2, -0.15) is 13.2 Å². The summed E-state index contributed by atoms with van der Waals surface area (Å²) in [6, 6.07) is 7.60. The van der Waals surface area contributed by atoms with Crippen molar-refractivity contribution in [3.63, 3.8) is 0 Å². The normalized spacial score (nSPS) is 11.1. The minimum Gasteiger partial charge on any atom is -0.465 e. The number of ether oxygens (including phenoxy) is 2. The Morgan fingerprint density at radius 1 is 1.15 bits per heavy atom. The molecule has 0 saturated carbocycles. The van der Waals surface area contributed by atoms with Crippen LogP contribution in [-0.2, 0) is 25.6 Å². The molecule has 0 aliphatic carbocycles. The van der Waals surface area contributed by atoms with Gasteiger partial charge in [-0.3, -0.25) is 9.69 Å². The third-order valence-electron chi connectivity index (χ3n) is 4.13. The molecule has 12 heteroatoms. The molecule has 0 aromatic heterocycles. The fourth-order valence-corrected chi connectivity index (χ4v) is 3.73. The Bertz CT molecular complexity index is 1050. The van der Waals surface area contributed by atoms with Gasteiger partial charge in [0.2, 0.25) is 0 Å². The summed E-state index contributed by atoms with van der Waals surface area (Å²) in [4.78, 5) is 37.5. The summed E-state index contributed by atoms with van der Waals surface area (Å²) < 4.78 is 62.2. The average molecular weight is 508 g/mol. The smallest absolute Gasteiger partial charge is 0.398 e. The second-order valence-electron chi connectivity index (χ2n) is 6.40. The zero-order valence-electron chi connectivity index (χ0n) is 17.4. The molecule has 178 valence electrons. The van der Waals surface area contributed by atoms with Gasteiger partial charge in [-0.15, -0.1) is 11.8 Å². The maximum atomic E-state index is 14.8. The van der Waals surface area contributed by atoms with Crippen LogP contribution in [-0.4, -0.2) is 43.5 Å². The first-order valence-corrected chi connectivity index (χ1v) is 10.7. The first-order valence-electron chi connectivity index (χ1n) is 9.31. The number of hydrogen-bond donors (Lipinski definition) is 0. The first kappa shape index (κ1) is 26.5. The van der Waals surface area contributed by atoms with Crippen LogP contribution in [0, 0.1) is 5.82 Å². The number of esters is 2. The molecule has 0 bridgehead atoms. The van der Waals surface area contributed by atoms with Gasteiger partial charge in [-0.05, 0) is 30.7 Å². The SMILES string of the molecule is CCOC(=O)C(=O)N(Cc1ccccc1C(=O)OC)c1cc(SCC(F)(F)F)c(Cl)cc1F. The molecule has 0 radical (unpaired) electrons. The van der Waals surface area contributed by atoms with Gasteiger partial charge in [0.1, 0.15) is 5.82 Å². The van der Waals surface area contributed by atoms with E-state index in [4.69, 9.17) is 21.1 Å². The second-order valence-corrected chi connectivity index (χ2v) is 7.82. The molecule has 0 aliphatic rings. The zero-order chi connectivity index (χ0) is 24.8. The fraction of sp³-hybridized carbons (Fsp3) is 0.286. The van der Waals surface area contributed by atoms with Gasteiger partial charge >= 0.3 is 24.0 Å². The number of alkyl halides is 3. The lowest BCUT2D eigenvalue weighted by Gasteiger charge is -2.24. The average Bonchev–Trinajstić information content (AvgIpc) is 2.76. The van der Waals surface area contributed by atoms with E-state index in [0.717, 1.165) is 19.2 Å². The maximum absolute atomic E-state index is 14.8. The van der Waals surface area contributed by atoms with Crippen LogP contribution in [0.3, 0.4) is 0 Å². The number of methoxy groups -OCH3 is 1. The summed E-state index contributed by atoms with van der Waals surface area (Å²) in [7, 11) is 1.14. The number of carbonyl (C=O) groups is 3. The Morgan fingerprint density at radius 2 is 1.82 bits per heavy atom. The number of hydrogen-bond acceptors (Lipinski definition) is 6. The van der Waals surface area contributed by atoms with Crippen LogP contribution >= 0.6 is 23.4 Å². The van der Waals surface area contributed by atoms with Crippen molar-refractivity contribution in [2.75, 3.05) is 24.4 Å². The minimum atomic E-state index is -4.53. The lowest BCUT2D eigenvalue weighted by molar-refractivity contribution is -0.153. The van der Waals surface area contributed by atoms with Crippen LogP contribution in [0.25, 0.3) is 0 Å². The number of halogens is 5. The molecule has 0 saturated heterocycles. The lowest BCUT2D eigenvalue weighted by atomic mass is 10.1. The molecule has 0 atom stereocenters. The molecule has 6 nitrogen and oxygen atoms in total. The zero-order valence-corrected chi connectivity index (χ0v) is 18.9. The number of nitrogens with zero attached hydrogens (tertiary/aromatic N) is 1. The number of benzene rings is 2. The van der Waals surface area contributed by atoms with Crippen LogP contribution in [0.2, 0.25) is 5.02 Å². The highest BCUT2D eigenvalue weighted by Crippen LogP contribution is 2.37. The molecule has 2 aromatic rings. The summed E-state index contributed by atoms with van der Waals surface area (Å²) in [5.41, 5.74) is -0.273. The van der Waals surface area contributed by atoms with E-state index >= 15 is 0 Å². The van der Waals surface area contributed by atoms with Gasteiger partial charge in [0.15, 0.2) is 0 Å². The molecule has 33 heavy (non-hydrogen) atoms. The maximum Gasteiger partial charge on any atom is 0.398 e. The number of rotatable bonds is 7. The number of thioether (sulfide) groups is 1. The van der Waals surface area contributed by atoms with Crippen molar-refractivity contribution in [2.24, 2.45) is 0 Å². The molecule has 2 aromatic carbocycles.